The number of piperidine rings is 1. The SMILES string of the molecule is CCCC[C@@H]1NC(=O)[C@H](CC(C)C)N(C)C(=O)C[C@@H](C(=O)N2CCCCC2)N(C)C(=O)[C@H](C2CCCCC2)N(C)C(=O)C2(CCCC2)NC(=O)[C@@H]2CCCN2C(=O)[C@H](CCc2ccc(C(F)(F)F)c(Cl)c2)NC(=O)CN(C)C(=O)[C@H](CC2CCCCC2)N(C)C(=O)CN(C)C(=O)CN(C)C1=O. The van der Waals surface area contributed by atoms with Crippen LogP contribution >= 0.6 is 11.6 Å². The zero-order valence-electron chi connectivity index (χ0n) is 61.3. The number of rotatable bonds is 12. The number of likely N-dealkylation sites (tertiary alicyclic amines) is 1. The molecule has 3 saturated heterocycles. The first-order valence-corrected chi connectivity index (χ1v) is 37.3. The molecule has 7 rings (SSSR count). The van der Waals surface area contributed by atoms with Gasteiger partial charge in [0, 0.05) is 69.0 Å². The van der Waals surface area contributed by atoms with Crippen molar-refractivity contribution < 1.29 is 70.7 Å². The average Bonchev–Trinajstić information content (AvgIpc) is 1.60. The van der Waals surface area contributed by atoms with Crippen LogP contribution in [0.25, 0.3) is 0 Å². The highest BCUT2D eigenvalue weighted by Crippen LogP contribution is 2.39. The Morgan fingerprint density at radius 1 is 0.604 bits per heavy atom. The highest BCUT2D eigenvalue weighted by Gasteiger charge is 2.51. The third kappa shape index (κ3) is 21.1. The van der Waals surface area contributed by atoms with Crippen LogP contribution in [-0.2, 0) is 70.1 Å². The Morgan fingerprint density at radius 3 is 1.81 bits per heavy atom. The lowest BCUT2D eigenvalue weighted by atomic mass is 9.81. The van der Waals surface area contributed by atoms with Crippen molar-refractivity contribution in [1.29, 1.82) is 0 Å². The van der Waals surface area contributed by atoms with Gasteiger partial charge in [-0.25, -0.2) is 0 Å². The van der Waals surface area contributed by atoms with Gasteiger partial charge >= 0.3 is 6.18 Å². The number of carbonyl (C=O) groups excluding carboxylic acids is 12. The second-order valence-corrected chi connectivity index (χ2v) is 30.4. The number of unbranched alkanes of at least 4 members (excludes halogenated alkanes) is 1. The first kappa shape index (κ1) is 81.2. The van der Waals surface area contributed by atoms with Crippen molar-refractivity contribution in [3.05, 3.63) is 34.3 Å². The smallest absolute Gasteiger partial charge is 0.343 e. The zero-order chi connectivity index (χ0) is 74.2. The van der Waals surface area contributed by atoms with E-state index >= 15 is 28.8 Å². The number of alkyl halides is 3. The Labute approximate surface area is 599 Å². The van der Waals surface area contributed by atoms with Crippen LogP contribution in [0.5, 0.6) is 0 Å². The Bertz CT molecular complexity index is 3120. The first-order valence-electron chi connectivity index (χ1n) is 36.9. The number of hydrogen-bond donors (Lipinski definition) is 3. The van der Waals surface area contributed by atoms with Gasteiger partial charge in [-0.15, -0.1) is 0 Å². The fraction of sp³-hybridized carbons (Fsp3) is 0.753. The predicted molar refractivity (Wildman–Crippen MR) is 374 cm³/mol. The molecule has 0 bridgehead atoms. The van der Waals surface area contributed by atoms with Crippen LogP contribution in [0.2, 0.25) is 5.02 Å². The quantitative estimate of drug-likeness (QED) is 0.201. The summed E-state index contributed by atoms with van der Waals surface area (Å²) in [5, 5.41) is 8.19. The number of fused-ring (bicyclic) bond motifs is 1. The fourth-order valence-electron chi connectivity index (χ4n) is 15.9. The topological polar surface area (TPSA) is 270 Å². The Kier molecular flexibility index (Phi) is 29.7. The summed E-state index contributed by atoms with van der Waals surface area (Å²) in [5.74, 6) is -8.12. The lowest BCUT2D eigenvalue weighted by molar-refractivity contribution is -0.157. The van der Waals surface area contributed by atoms with Crippen LogP contribution in [0.4, 0.5) is 13.2 Å². The number of amides is 12. The molecule has 564 valence electrons. The summed E-state index contributed by atoms with van der Waals surface area (Å²) in [4.78, 5) is 191. The van der Waals surface area contributed by atoms with Gasteiger partial charge < -0.3 is 60.0 Å². The van der Waals surface area contributed by atoms with Gasteiger partial charge in [-0.1, -0.05) is 115 Å². The van der Waals surface area contributed by atoms with Crippen LogP contribution in [0.15, 0.2) is 18.2 Å². The molecule has 3 N–H and O–H groups in total. The Hall–Kier alpha value is -7.06. The Morgan fingerprint density at radius 2 is 1.20 bits per heavy atom. The molecule has 3 aliphatic carbocycles. The van der Waals surface area contributed by atoms with Gasteiger partial charge in [-0.2, -0.15) is 13.2 Å². The fourth-order valence-corrected chi connectivity index (χ4v) is 16.2. The lowest BCUT2D eigenvalue weighted by Crippen LogP contribution is -2.65. The van der Waals surface area contributed by atoms with E-state index in [1.807, 2.05) is 20.8 Å². The summed E-state index contributed by atoms with van der Waals surface area (Å²) in [6.07, 6.45) is 8.06. The van der Waals surface area contributed by atoms with Crippen LogP contribution in [0.3, 0.4) is 0 Å². The average molecular weight is 1440 g/mol. The monoisotopic (exact) mass is 1440 g/mol. The molecule has 1 aromatic carbocycles. The number of likely N-dealkylation sites (N-methyl/N-ethyl adjacent to an activating group) is 7. The summed E-state index contributed by atoms with van der Waals surface area (Å²) in [6.45, 7) is 4.81. The van der Waals surface area contributed by atoms with E-state index in [0.29, 0.717) is 76.4 Å². The van der Waals surface area contributed by atoms with E-state index in [4.69, 9.17) is 11.6 Å². The number of carbonyl (C=O) groups is 12. The maximum absolute atomic E-state index is 15.8. The molecule has 28 heteroatoms. The number of hydrogen-bond acceptors (Lipinski definition) is 12. The molecule has 101 heavy (non-hydrogen) atoms. The van der Waals surface area contributed by atoms with Gasteiger partial charge in [0.15, 0.2) is 0 Å². The van der Waals surface area contributed by atoms with Crippen molar-refractivity contribution in [2.45, 2.75) is 248 Å². The molecule has 6 fully saturated rings. The standard InChI is InChI=1S/C73H112ClF3N12O12/c1-11-12-29-53-66(96)83(6)45-61(92)81(4)46-62(93)85(8)57(42-48-25-16-13-17-26-48)68(98)82(5)44-59(90)78-54(34-32-49-31-33-51(52(74)41-49)73(75,76)77)67(97)89-39-24-30-55(89)65(95)80-72(35-20-21-36-72)71(101)87(10)63(50-27-18-14-19-28-50)70(100)86(9)58(69(99)88-37-22-15-23-38-88)43-60(91)84(7)56(40-47(2)3)64(94)79-53/h31,33,41,47-48,50,53-58,63H,11-30,32,34-40,42-46H2,1-10H3,(H,78,90)(H,79,94)(H,80,95)/t53-,54-,55-,56-,57-,58-,63-/m0/s1. The van der Waals surface area contributed by atoms with E-state index in [2.05, 4.69) is 16.0 Å². The minimum atomic E-state index is -4.76. The molecule has 1 aromatic rings. The van der Waals surface area contributed by atoms with Crippen LogP contribution in [0, 0.1) is 17.8 Å². The maximum atomic E-state index is 15.8. The molecule has 1 spiro atoms. The van der Waals surface area contributed by atoms with Gasteiger partial charge in [0.1, 0.15) is 47.8 Å². The van der Waals surface area contributed by atoms with Gasteiger partial charge in [0.05, 0.1) is 36.6 Å². The number of nitrogens with one attached hydrogen (secondary N) is 3. The molecule has 0 aromatic heterocycles. The number of aryl methyl sites for hydroxylation is 1. The molecule has 0 unspecified atom stereocenters. The number of nitrogens with zero attached hydrogens (tertiary/aromatic N) is 9. The van der Waals surface area contributed by atoms with E-state index in [1.54, 1.807) is 4.90 Å². The van der Waals surface area contributed by atoms with E-state index in [-0.39, 0.29) is 69.7 Å². The molecule has 12 amide bonds. The van der Waals surface area contributed by atoms with Crippen LogP contribution < -0.4 is 16.0 Å². The van der Waals surface area contributed by atoms with Crippen molar-refractivity contribution >= 4 is 82.5 Å². The number of benzene rings is 1. The second-order valence-electron chi connectivity index (χ2n) is 30.0. The minimum absolute atomic E-state index is 0.0219. The van der Waals surface area contributed by atoms with E-state index in [9.17, 15) is 41.9 Å². The summed E-state index contributed by atoms with van der Waals surface area (Å²) in [7, 11) is 10.0. The van der Waals surface area contributed by atoms with E-state index in [0.717, 1.165) is 84.6 Å². The molecule has 0 radical (unpaired) electrons. The molecule has 3 saturated carbocycles. The van der Waals surface area contributed by atoms with Gasteiger partial charge in [-0.05, 0) is 125 Å². The second kappa shape index (κ2) is 36.9. The van der Waals surface area contributed by atoms with Crippen molar-refractivity contribution in [2.24, 2.45) is 17.8 Å². The van der Waals surface area contributed by atoms with Gasteiger partial charge in [-0.3, -0.25) is 57.5 Å². The molecule has 24 nitrogen and oxygen atoms in total. The van der Waals surface area contributed by atoms with Crippen molar-refractivity contribution in [3.63, 3.8) is 0 Å². The number of halogens is 4. The van der Waals surface area contributed by atoms with Crippen molar-refractivity contribution in [1.82, 2.24) is 60.0 Å². The summed E-state index contributed by atoms with van der Waals surface area (Å²) >= 11 is 6.16. The normalized spacial score (nSPS) is 26.5. The first-order chi connectivity index (χ1) is 47.8. The summed E-state index contributed by atoms with van der Waals surface area (Å²) in [5.41, 5.74) is -2.33. The third-order valence-corrected chi connectivity index (χ3v) is 22.3. The highest BCUT2D eigenvalue weighted by molar-refractivity contribution is 6.31. The largest absolute Gasteiger partial charge is 0.417 e. The van der Waals surface area contributed by atoms with E-state index < -0.39 is 167 Å². The zero-order valence-corrected chi connectivity index (χ0v) is 62.0. The predicted octanol–water partition coefficient (Wildman–Crippen LogP) is 6.57. The minimum Gasteiger partial charge on any atom is -0.343 e. The van der Waals surface area contributed by atoms with Crippen LogP contribution in [-0.4, -0.2) is 251 Å². The highest BCUT2D eigenvalue weighted by atomic mass is 35.5. The Balaban J connectivity index is 1.29. The molecule has 3 aliphatic heterocycles. The third-order valence-electron chi connectivity index (χ3n) is 22.0. The summed E-state index contributed by atoms with van der Waals surface area (Å²) < 4.78 is 41.7. The molecular formula is C73H112ClF3N12O12. The molecule has 6 aliphatic rings. The lowest BCUT2D eigenvalue weighted by Gasteiger charge is -2.43. The van der Waals surface area contributed by atoms with Crippen LogP contribution in [0.1, 0.15) is 199 Å². The van der Waals surface area contributed by atoms with E-state index in [1.165, 1.54) is 79.9 Å². The maximum Gasteiger partial charge on any atom is 0.417 e. The van der Waals surface area contributed by atoms with Gasteiger partial charge in [0.2, 0.25) is 70.9 Å². The van der Waals surface area contributed by atoms with Crippen molar-refractivity contribution in [2.75, 3.05) is 88.6 Å². The van der Waals surface area contributed by atoms with Gasteiger partial charge in [0.25, 0.3) is 0 Å². The molecule has 3 heterocycles. The summed E-state index contributed by atoms with van der Waals surface area (Å²) in [6, 6.07) is -5.45. The van der Waals surface area contributed by atoms with Crippen molar-refractivity contribution in [3.8, 4) is 0 Å². The molecule has 7 atom stereocenters. The molecular weight excluding hydrogens is 1330 g/mol.